The van der Waals surface area contributed by atoms with Gasteiger partial charge in [0.05, 0.1) is 5.92 Å². The fourth-order valence-electron chi connectivity index (χ4n) is 3.26. The van der Waals surface area contributed by atoms with Gasteiger partial charge in [-0.3, -0.25) is 4.79 Å². The van der Waals surface area contributed by atoms with Gasteiger partial charge in [0.2, 0.25) is 5.91 Å². The van der Waals surface area contributed by atoms with Gasteiger partial charge < -0.3 is 10.6 Å². The molecule has 1 amide bonds. The SMILES string of the molecule is CC(C)C1CN(C(=O)C2CCCCC2(C)N)CCS1.Cl. The van der Waals surface area contributed by atoms with Gasteiger partial charge in [-0.1, -0.05) is 26.7 Å². The van der Waals surface area contributed by atoms with Crippen LogP contribution in [0.1, 0.15) is 46.5 Å². The van der Waals surface area contributed by atoms with Crippen molar-refractivity contribution in [1.29, 1.82) is 0 Å². The molecule has 1 aliphatic heterocycles. The van der Waals surface area contributed by atoms with Gasteiger partial charge in [-0.25, -0.2) is 0 Å². The second kappa shape index (κ2) is 7.37. The van der Waals surface area contributed by atoms with Crippen LogP contribution in [0.2, 0.25) is 0 Å². The summed E-state index contributed by atoms with van der Waals surface area (Å²) in [4.78, 5) is 14.9. The van der Waals surface area contributed by atoms with E-state index in [0.717, 1.165) is 38.1 Å². The van der Waals surface area contributed by atoms with Gasteiger partial charge in [0.15, 0.2) is 0 Å². The molecule has 1 heterocycles. The molecule has 1 saturated carbocycles. The number of halogens is 1. The van der Waals surface area contributed by atoms with E-state index in [9.17, 15) is 4.79 Å². The van der Waals surface area contributed by atoms with Gasteiger partial charge in [0, 0.05) is 29.6 Å². The summed E-state index contributed by atoms with van der Waals surface area (Å²) in [7, 11) is 0. The third-order valence-corrected chi connectivity index (χ3v) is 6.24. The van der Waals surface area contributed by atoms with Crippen molar-refractivity contribution < 1.29 is 4.79 Å². The monoisotopic (exact) mass is 320 g/mol. The van der Waals surface area contributed by atoms with Crippen LogP contribution in [-0.2, 0) is 4.79 Å². The zero-order valence-electron chi connectivity index (χ0n) is 12.9. The lowest BCUT2D eigenvalue weighted by atomic mass is 9.74. The summed E-state index contributed by atoms with van der Waals surface area (Å²) in [5, 5.41) is 0.588. The van der Waals surface area contributed by atoms with Crippen molar-refractivity contribution in [2.24, 2.45) is 17.6 Å². The highest BCUT2D eigenvalue weighted by molar-refractivity contribution is 8.00. The Balaban J connectivity index is 0.00000200. The first-order valence-electron chi connectivity index (χ1n) is 7.61. The van der Waals surface area contributed by atoms with E-state index < -0.39 is 0 Å². The van der Waals surface area contributed by atoms with Crippen LogP contribution in [0.25, 0.3) is 0 Å². The Morgan fingerprint density at radius 1 is 1.40 bits per heavy atom. The minimum absolute atomic E-state index is 0. The lowest BCUT2D eigenvalue weighted by molar-refractivity contribution is -0.138. The van der Waals surface area contributed by atoms with Crippen molar-refractivity contribution in [1.82, 2.24) is 4.90 Å². The third kappa shape index (κ3) is 4.05. The van der Waals surface area contributed by atoms with Crippen molar-refractivity contribution in [3.8, 4) is 0 Å². The van der Waals surface area contributed by atoms with Crippen LogP contribution in [0.15, 0.2) is 0 Å². The number of thioether (sulfide) groups is 1. The lowest BCUT2D eigenvalue weighted by Gasteiger charge is -2.42. The third-order valence-electron chi connectivity index (χ3n) is 4.70. The fraction of sp³-hybridized carbons (Fsp3) is 0.933. The van der Waals surface area contributed by atoms with Crippen molar-refractivity contribution >= 4 is 30.1 Å². The molecule has 1 aliphatic carbocycles. The maximum absolute atomic E-state index is 12.8. The minimum atomic E-state index is -0.298. The summed E-state index contributed by atoms with van der Waals surface area (Å²) in [6.45, 7) is 8.37. The number of nitrogens with zero attached hydrogens (tertiary/aromatic N) is 1. The molecule has 2 fully saturated rings. The minimum Gasteiger partial charge on any atom is -0.340 e. The average molecular weight is 321 g/mol. The number of nitrogens with two attached hydrogens (primary N) is 1. The lowest BCUT2D eigenvalue weighted by Crippen LogP contribution is -2.56. The van der Waals surface area contributed by atoms with Crippen molar-refractivity contribution in [3.63, 3.8) is 0 Å². The molecule has 0 radical (unpaired) electrons. The van der Waals surface area contributed by atoms with Gasteiger partial charge in [0.1, 0.15) is 0 Å². The molecule has 2 N–H and O–H groups in total. The molecular weight excluding hydrogens is 292 g/mol. The average Bonchev–Trinajstić information content (AvgIpc) is 2.37. The summed E-state index contributed by atoms with van der Waals surface area (Å²) in [6, 6.07) is 0. The second-order valence-corrected chi connectivity index (χ2v) is 8.09. The number of hydrogen-bond acceptors (Lipinski definition) is 3. The predicted molar refractivity (Wildman–Crippen MR) is 89.5 cm³/mol. The number of carbonyl (C=O) groups is 1. The summed E-state index contributed by atoms with van der Waals surface area (Å²) >= 11 is 2.01. The first kappa shape index (κ1) is 18.1. The van der Waals surface area contributed by atoms with Crippen LogP contribution in [0.5, 0.6) is 0 Å². The summed E-state index contributed by atoms with van der Waals surface area (Å²) < 4.78 is 0. The molecule has 1 saturated heterocycles. The molecule has 3 nitrogen and oxygen atoms in total. The molecule has 0 bridgehead atoms. The number of amides is 1. The first-order valence-corrected chi connectivity index (χ1v) is 8.66. The van der Waals surface area contributed by atoms with E-state index in [0.29, 0.717) is 17.1 Å². The molecular formula is C15H29ClN2OS. The van der Waals surface area contributed by atoms with Crippen LogP contribution in [0, 0.1) is 11.8 Å². The Bertz CT molecular complexity index is 336. The maximum atomic E-state index is 12.8. The number of carbonyl (C=O) groups excluding carboxylic acids is 1. The van der Waals surface area contributed by atoms with Crippen LogP contribution >= 0.6 is 24.2 Å². The quantitative estimate of drug-likeness (QED) is 0.851. The van der Waals surface area contributed by atoms with Crippen molar-refractivity contribution in [2.75, 3.05) is 18.8 Å². The Morgan fingerprint density at radius 2 is 2.10 bits per heavy atom. The highest BCUT2D eigenvalue weighted by atomic mass is 35.5. The van der Waals surface area contributed by atoms with Gasteiger partial charge >= 0.3 is 0 Å². The summed E-state index contributed by atoms with van der Waals surface area (Å²) in [6.07, 6.45) is 4.28. The van der Waals surface area contributed by atoms with Gasteiger partial charge in [-0.2, -0.15) is 11.8 Å². The Labute approximate surface area is 133 Å². The molecule has 20 heavy (non-hydrogen) atoms. The molecule has 2 aliphatic rings. The zero-order valence-corrected chi connectivity index (χ0v) is 14.6. The van der Waals surface area contributed by atoms with Crippen LogP contribution in [-0.4, -0.2) is 40.4 Å². The highest BCUT2D eigenvalue weighted by Gasteiger charge is 2.40. The molecule has 118 valence electrons. The predicted octanol–water partition coefficient (Wildman–Crippen LogP) is 2.92. The standard InChI is InChI=1S/C15H28N2OS.ClH/c1-11(2)13-10-17(8-9-19-13)14(18)12-6-4-5-7-15(12,3)16;/h11-13H,4-10,16H2,1-3H3;1H. The highest BCUT2D eigenvalue weighted by Crippen LogP contribution is 2.34. The summed E-state index contributed by atoms with van der Waals surface area (Å²) in [5.41, 5.74) is 6.07. The topological polar surface area (TPSA) is 46.3 Å². The molecule has 3 unspecified atom stereocenters. The Morgan fingerprint density at radius 3 is 2.70 bits per heavy atom. The molecule has 0 aromatic carbocycles. The first-order chi connectivity index (χ1) is 8.92. The zero-order chi connectivity index (χ0) is 14.0. The molecule has 5 heteroatoms. The fourth-order valence-corrected chi connectivity index (χ4v) is 4.56. The van der Waals surface area contributed by atoms with E-state index in [1.54, 1.807) is 0 Å². The molecule has 3 atom stereocenters. The smallest absolute Gasteiger partial charge is 0.227 e. The van der Waals surface area contributed by atoms with Gasteiger partial charge in [-0.05, 0) is 25.7 Å². The van der Waals surface area contributed by atoms with Crippen molar-refractivity contribution in [2.45, 2.75) is 57.2 Å². The van der Waals surface area contributed by atoms with Crippen LogP contribution in [0.4, 0.5) is 0 Å². The van der Waals surface area contributed by atoms with E-state index in [-0.39, 0.29) is 23.9 Å². The van der Waals surface area contributed by atoms with Gasteiger partial charge in [0.25, 0.3) is 0 Å². The Hall–Kier alpha value is 0.0700. The Kier molecular flexibility index (Phi) is 6.68. The van der Waals surface area contributed by atoms with Crippen LogP contribution in [0.3, 0.4) is 0 Å². The van der Waals surface area contributed by atoms with Crippen LogP contribution < -0.4 is 5.73 Å². The van der Waals surface area contributed by atoms with E-state index in [1.807, 2.05) is 11.8 Å². The maximum Gasteiger partial charge on any atom is 0.227 e. The number of hydrogen-bond donors (Lipinski definition) is 1. The molecule has 2 rings (SSSR count). The molecule has 0 spiro atoms. The van der Waals surface area contributed by atoms with Gasteiger partial charge in [-0.15, -0.1) is 12.4 Å². The van der Waals surface area contributed by atoms with E-state index in [1.165, 1.54) is 6.42 Å². The summed E-state index contributed by atoms with van der Waals surface area (Å²) in [5.74, 6) is 2.06. The largest absolute Gasteiger partial charge is 0.340 e. The van der Waals surface area contributed by atoms with E-state index >= 15 is 0 Å². The van der Waals surface area contributed by atoms with E-state index in [4.69, 9.17) is 5.73 Å². The normalized spacial score (nSPS) is 34.8. The number of rotatable bonds is 2. The molecule has 0 aromatic heterocycles. The van der Waals surface area contributed by atoms with Crippen molar-refractivity contribution in [3.05, 3.63) is 0 Å². The second-order valence-electron chi connectivity index (χ2n) is 6.74. The van der Waals surface area contributed by atoms with E-state index in [2.05, 4.69) is 25.7 Å². The molecule has 0 aromatic rings.